The van der Waals surface area contributed by atoms with Crippen molar-refractivity contribution in [1.82, 2.24) is 9.88 Å². The fourth-order valence-corrected chi connectivity index (χ4v) is 1.64. The highest BCUT2D eigenvalue weighted by atomic mass is 35.5. The van der Waals surface area contributed by atoms with Crippen LogP contribution >= 0.6 is 11.6 Å². The first kappa shape index (κ1) is 10.7. The summed E-state index contributed by atoms with van der Waals surface area (Å²) in [6.45, 7) is 1.66. The van der Waals surface area contributed by atoms with Crippen LogP contribution in [0.15, 0.2) is 18.3 Å². The molecule has 0 N–H and O–H groups in total. The minimum absolute atomic E-state index is 0.475. The monoisotopic (exact) mass is 226 g/mol. The fraction of sp³-hybridized carbons (Fsp3) is 0.545. The van der Waals surface area contributed by atoms with Crippen molar-refractivity contribution in [3.05, 3.63) is 23.5 Å². The van der Waals surface area contributed by atoms with E-state index in [0.717, 1.165) is 18.3 Å². The van der Waals surface area contributed by atoms with E-state index in [1.54, 1.807) is 12.3 Å². The largest absolute Gasteiger partial charge is 0.492 e. The first-order valence-corrected chi connectivity index (χ1v) is 5.58. The summed E-state index contributed by atoms with van der Waals surface area (Å²) in [5, 5.41) is 0.475. The summed E-state index contributed by atoms with van der Waals surface area (Å²) in [6.07, 6.45) is 4.32. The second-order valence-electron chi connectivity index (χ2n) is 3.87. The highest BCUT2D eigenvalue weighted by molar-refractivity contribution is 6.29. The Morgan fingerprint density at radius 2 is 2.40 bits per heavy atom. The number of nitrogens with zero attached hydrogens (tertiary/aromatic N) is 2. The van der Waals surface area contributed by atoms with E-state index < -0.39 is 0 Å². The van der Waals surface area contributed by atoms with Gasteiger partial charge in [-0.3, -0.25) is 0 Å². The first-order valence-electron chi connectivity index (χ1n) is 5.20. The van der Waals surface area contributed by atoms with E-state index in [9.17, 15) is 0 Å². The van der Waals surface area contributed by atoms with Gasteiger partial charge in [-0.05, 0) is 26.0 Å². The van der Waals surface area contributed by atoms with Gasteiger partial charge in [-0.2, -0.15) is 0 Å². The molecule has 15 heavy (non-hydrogen) atoms. The molecule has 0 atom stereocenters. The Bertz CT molecular complexity index is 328. The standard InChI is InChI=1S/C11H15ClN2O/c1-14(9-2-3-9)6-7-15-10-4-5-13-11(12)8-10/h4-5,8-9H,2-3,6-7H2,1H3. The molecule has 0 spiro atoms. The third-order valence-corrected chi connectivity index (χ3v) is 2.79. The van der Waals surface area contributed by atoms with E-state index in [-0.39, 0.29) is 0 Å². The van der Waals surface area contributed by atoms with Crippen molar-refractivity contribution in [2.75, 3.05) is 20.2 Å². The van der Waals surface area contributed by atoms with Gasteiger partial charge < -0.3 is 9.64 Å². The molecule has 0 amide bonds. The zero-order valence-electron chi connectivity index (χ0n) is 8.82. The maximum absolute atomic E-state index is 5.75. The van der Waals surface area contributed by atoms with Crippen molar-refractivity contribution in [3.8, 4) is 5.75 Å². The minimum Gasteiger partial charge on any atom is -0.492 e. The molecule has 1 fully saturated rings. The Morgan fingerprint density at radius 1 is 1.60 bits per heavy atom. The molecule has 0 aliphatic heterocycles. The lowest BCUT2D eigenvalue weighted by Gasteiger charge is -2.15. The van der Waals surface area contributed by atoms with Crippen LogP contribution in [0.2, 0.25) is 5.15 Å². The second-order valence-corrected chi connectivity index (χ2v) is 4.26. The predicted octanol–water partition coefficient (Wildman–Crippen LogP) is 2.21. The van der Waals surface area contributed by atoms with Crippen molar-refractivity contribution in [2.24, 2.45) is 0 Å². The quantitative estimate of drug-likeness (QED) is 0.720. The van der Waals surface area contributed by atoms with E-state index in [1.807, 2.05) is 6.07 Å². The zero-order chi connectivity index (χ0) is 10.7. The first-order chi connectivity index (χ1) is 7.25. The molecule has 0 saturated heterocycles. The molecule has 0 aromatic carbocycles. The molecule has 1 aromatic rings. The summed E-state index contributed by atoms with van der Waals surface area (Å²) in [5.41, 5.74) is 0. The lowest BCUT2D eigenvalue weighted by molar-refractivity contribution is 0.232. The minimum atomic E-state index is 0.475. The molecule has 1 saturated carbocycles. The fourth-order valence-electron chi connectivity index (χ4n) is 1.48. The number of hydrogen-bond donors (Lipinski definition) is 0. The molecule has 4 heteroatoms. The van der Waals surface area contributed by atoms with Gasteiger partial charge in [0.2, 0.25) is 0 Å². The van der Waals surface area contributed by atoms with Crippen molar-refractivity contribution < 1.29 is 4.74 Å². The van der Waals surface area contributed by atoms with Gasteiger partial charge >= 0.3 is 0 Å². The van der Waals surface area contributed by atoms with Crippen molar-refractivity contribution in [1.29, 1.82) is 0 Å². The summed E-state index contributed by atoms with van der Waals surface area (Å²) in [7, 11) is 2.14. The molecule has 3 nitrogen and oxygen atoms in total. The topological polar surface area (TPSA) is 25.4 Å². The van der Waals surface area contributed by atoms with Crippen LogP contribution in [0, 0.1) is 0 Å². The van der Waals surface area contributed by atoms with Gasteiger partial charge in [0.05, 0.1) is 0 Å². The summed E-state index contributed by atoms with van der Waals surface area (Å²) >= 11 is 5.75. The third kappa shape index (κ3) is 3.36. The van der Waals surface area contributed by atoms with Crippen LogP contribution in [0.4, 0.5) is 0 Å². The molecule has 82 valence electrons. The summed E-state index contributed by atoms with van der Waals surface area (Å²) in [4.78, 5) is 6.23. The second kappa shape index (κ2) is 4.81. The van der Waals surface area contributed by atoms with Gasteiger partial charge in [-0.25, -0.2) is 4.98 Å². The average Bonchev–Trinajstić information content (AvgIpc) is 3.00. The summed E-state index contributed by atoms with van der Waals surface area (Å²) < 4.78 is 5.57. The lowest BCUT2D eigenvalue weighted by atomic mass is 10.4. The van der Waals surface area contributed by atoms with Gasteiger partial charge in [0, 0.05) is 24.8 Å². The number of pyridine rings is 1. The Kier molecular flexibility index (Phi) is 3.44. The molecular weight excluding hydrogens is 212 g/mol. The molecule has 1 aromatic heterocycles. The normalized spacial score (nSPS) is 15.7. The predicted molar refractivity (Wildman–Crippen MR) is 60.4 cm³/mol. The molecule has 0 radical (unpaired) electrons. The van der Waals surface area contributed by atoms with Crippen LogP contribution in [-0.2, 0) is 0 Å². The van der Waals surface area contributed by atoms with E-state index in [2.05, 4.69) is 16.9 Å². The SMILES string of the molecule is CN(CCOc1ccnc(Cl)c1)C1CC1. The van der Waals surface area contributed by atoms with Crippen molar-refractivity contribution in [3.63, 3.8) is 0 Å². The number of hydrogen-bond acceptors (Lipinski definition) is 3. The Balaban J connectivity index is 1.73. The Morgan fingerprint density at radius 3 is 3.07 bits per heavy atom. The number of halogens is 1. The Labute approximate surface area is 95.0 Å². The van der Waals surface area contributed by atoms with Gasteiger partial charge in [-0.15, -0.1) is 0 Å². The van der Waals surface area contributed by atoms with Crippen molar-refractivity contribution >= 4 is 11.6 Å². The Hall–Kier alpha value is -0.800. The van der Waals surface area contributed by atoms with Crippen LogP contribution in [-0.4, -0.2) is 36.1 Å². The van der Waals surface area contributed by atoms with E-state index >= 15 is 0 Å². The van der Waals surface area contributed by atoms with Gasteiger partial charge in [0.15, 0.2) is 0 Å². The maximum Gasteiger partial charge on any atom is 0.132 e. The molecule has 1 aliphatic carbocycles. The smallest absolute Gasteiger partial charge is 0.132 e. The molecule has 0 unspecified atom stereocenters. The number of aromatic nitrogens is 1. The van der Waals surface area contributed by atoms with Gasteiger partial charge in [-0.1, -0.05) is 11.6 Å². The highest BCUT2D eigenvalue weighted by Gasteiger charge is 2.25. The third-order valence-electron chi connectivity index (χ3n) is 2.58. The maximum atomic E-state index is 5.75. The van der Waals surface area contributed by atoms with Gasteiger partial charge in [0.1, 0.15) is 17.5 Å². The summed E-state index contributed by atoms with van der Waals surface area (Å²) in [5.74, 6) is 0.791. The highest BCUT2D eigenvalue weighted by Crippen LogP contribution is 2.24. The lowest BCUT2D eigenvalue weighted by Crippen LogP contribution is -2.26. The van der Waals surface area contributed by atoms with Crippen LogP contribution in [0.1, 0.15) is 12.8 Å². The molecule has 0 bridgehead atoms. The number of likely N-dealkylation sites (N-methyl/N-ethyl adjacent to an activating group) is 1. The average molecular weight is 227 g/mol. The zero-order valence-corrected chi connectivity index (χ0v) is 9.57. The number of rotatable bonds is 5. The van der Waals surface area contributed by atoms with Crippen LogP contribution < -0.4 is 4.74 Å². The summed E-state index contributed by atoms with van der Waals surface area (Å²) in [6, 6.07) is 4.34. The van der Waals surface area contributed by atoms with Crippen LogP contribution in [0.5, 0.6) is 5.75 Å². The van der Waals surface area contributed by atoms with Crippen LogP contribution in [0.3, 0.4) is 0 Å². The number of ether oxygens (including phenoxy) is 1. The molecule has 1 aliphatic rings. The van der Waals surface area contributed by atoms with Crippen LogP contribution in [0.25, 0.3) is 0 Å². The molecular formula is C11H15ClN2O. The van der Waals surface area contributed by atoms with Gasteiger partial charge in [0.25, 0.3) is 0 Å². The molecule has 2 rings (SSSR count). The molecule has 1 heterocycles. The van der Waals surface area contributed by atoms with E-state index in [0.29, 0.717) is 11.8 Å². The van der Waals surface area contributed by atoms with Crippen molar-refractivity contribution in [2.45, 2.75) is 18.9 Å². The van der Waals surface area contributed by atoms with E-state index in [4.69, 9.17) is 16.3 Å². The van der Waals surface area contributed by atoms with E-state index in [1.165, 1.54) is 12.8 Å².